The molecule has 2 N–H and O–H groups in total. The van der Waals surface area contributed by atoms with Crippen LogP contribution in [0.1, 0.15) is 56.9 Å². The van der Waals surface area contributed by atoms with E-state index in [0.29, 0.717) is 42.3 Å². The molecule has 2 saturated heterocycles. The van der Waals surface area contributed by atoms with E-state index in [4.69, 9.17) is 16.1 Å². The second-order valence-corrected chi connectivity index (χ2v) is 13.3. The van der Waals surface area contributed by atoms with Crippen LogP contribution < -0.4 is 9.64 Å². The molecule has 3 unspecified atom stereocenters. The highest BCUT2D eigenvalue weighted by molar-refractivity contribution is 6.03. The van der Waals surface area contributed by atoms with Gasteiger partial charge in [-0.25, -0.2) is 8.78 Å². The molecule has 3 fully saturated rings. The first-order valence-electron chi connectivity index (χ1n) is 16.3. The monoisotopic (exact) mass is 627 g/mol. The van der Waals surface area contributed by atoms with Crippen LogP contribution in [0.4, 0.5) is 14.6 Å². The van der Waals surface area contributed by atoms with E-state index in [1.807, 2.05) is 0 Å². The van der Waals surface area contributed by atoms with Gasteiger partial charge in [0.25, 0.3) is 0 Å². The van der Waals surface area contributed by atoms with E-state index in [0.717, 1.165) is 57.9 Å². The molecule has 1 saturated carbocycles. The highest BCUT2D eigenvalue weighted by Crippen LogP contribution is 2.47. The molecule has 3 atom stereocenters. The van der Waals surface area contributed by atoms with E-state index >= 15 is 4.39 Å². The molecule has 2 aromatic carbocycles. The molecule has 240 valence electrons. The van der Waals surface area contributed by atoms with Crippen LogP contribution in [0.5, 0.6) is 11.8 Å². The number of benzene rings is 2. The molecular formula is C36H39F2N5O3. The first kappa shape index (κ1) is 30.6. The molecule has 7 rings (SSSR count). The Balaban J connectivity index is 1.38. The average molecular weight is 628 g/mol. The number of aromatic nitrogens is 3. The van der Waals surface area contributed by atoms with E-state index in [-0.39, 0.29) is 57.4 Å². The predicted octanol–water partition coefficient (Wildman–Crippen LogP) is 6.05. The Morgan fingerprint density at radius 1 is 1.09 bits per heavy atom. The first-order valence-corrected chi connectivity index (χ1v) is 16.3. The van der Waals surface area contributed by atoms with Gasteiger partial charge in [0, 0.05) is 48.3 Å². The Kier molecular flexibility index (Phi) is 8.16. The number of terminal acetylenes is 1. The standard InChI is InChI=1S/C36H39F2N5O3/c1-3-25-28(37)11-10-23-16-24(45)17-26(30(23)25)32-31(38)33-27(18-39-32)34(43-15-5-4-8-22(19-43)20-44)41-35(40-33)46-21-36-12-6-9-29(36)42(2)14-7-13-36/h1,10-11,16-18,22,29,44-45H,4-9,12-15,19-21H2,2H3. The number of phenolic OH excluding ortho intramolecular Hbond substituents is 1. The summed E-state index contributed by atoms with van der Waals surface area (Å²) in [5.41, 5.74) is 0.0275. The summed E-state index contributed by atoms with van der Waals surface area (Å²) in [7, 11) is 2.18. The summed E-state index contributed by atoms with van der Waals surface area (Å²) in [6.07, 6.45) is 15.5. The molecule has 1 aliphatic carbocycles. The number of fused-ring (bicyclic) bond motifs is 3. The zero-order valence-corrected chi connectivity index (χ0v) is 26.1. The third-order valence-electron chi connectivity index (χ3n) is 10.5. The van der Waals surface area contributed by atoms with Crippen molar-refractivity contribution in [1.82, 2.24) is 19.9 Å². The van der Waals surface area contributed by atoms with Crippen molar-refractivity contribution in [3.63, 3.8) is 0 Å². The zero-order chi connectivity index (χ0) is 32.0. The number of aliphatic hydroxyl groups excluding tert-OH is 1. The second-order valence-electron chi connectivity index (χ2n) is 13.3. The number of pyridine rings is 1. The van der Waals surface area contributed by atoms with Gasteiger partial charge >= 0.3 is 6.01 Å². The Morgan fingerprint density at radius 3 is 2.76 bits per heavy atom. The number of phenols is 1. The van der Waals surface area contributed by atoms with Crippen molar-refractivity contribution < 1.29 is 23.7 Å². The van der Waals surface area contributed by atoms with Crippen LogP contribution >= 0.6 is 0 Å². The van der Waals surface area contributed by atoms with Gasteiger partial charge in [0.15, 0.2) is 5.82 Å². The van der Waals surface area contributed by atoms with Gasteiger partial charge in [-0.1, -0.05) is 24.8 Å². The fourth-order valence-corrected chi connectivity index (χ4v) is 8.22. The van der Waals surface area contributed by atoms with E-state index < -0.39 is 11.6 Å². The summed E-state index contributed by atoms with van der Waals surface area (Å²) in [5.74, 6) is 1.45. The summed E-state index contributed by atoms with van der Waals surface area (Å²) < 4.78 is 38.1. The maximum Gasteiger partial charge on any atom is 0.319 e. The quantitative estimate of drug-likeness (QED) is 0.250. The summed E-state index contributed by atoms with van der Waals surface area (Å²) in [5, 5.41) is 21.7. The minimum Gasteiger partial charge on any atom is -0.508 e. The lowest BCUT2D eigenvalue weighted by atomic mass is 9.76. The molecule has 0 spiro atoms. The maximum atomic E-state index is 16.9. The number of hydrogen-bond acceptors (Lipinski definition) is 8. The number of aliphatic hydroxyl groups is 1. The molecule has 0 amide bonds. The lowest BCUT2D eigenvalue weighted by Gasteiger charge is -2.44. The van der Waals surface area contributed by atoms with E-state index in [9.17, 15) is 14.6 Å². The van der Waals surface area contributed by atoms with Crippen LogP contribution in [0.3, 0.4) is 0 Å². The Morgan fingerprint density at radius 2 is 1.93 bits per heavy atom. The van der Waals surface area contributed by atoms with Gasteiger partial charge in [0.2, 0.25) is 0 Å². The SMILES string of the molecule is C#Cc1c(F)ccc2cc(O)cc(-c3ncc4c(N5CCCCC(CO)C5)nc(OCC56CCCC5N(C)CCC6)nc4c3F)c12. The highest BCUT2D eigenvalue weighted by Gasteiger charge is 2.47. The molecule has 2 aliphatic heterocycles. The van der Waals surface area contributed by atoms with E-state index in [1.165, 1.54) is 30.5 Å². The number of anilines is 1. The fraction of sp³-hybridized carbons (Fsp3) is 0.472. The Bertz CT molecular complexity index is 1840. The molecule has 4 aromatic rings. The van der Waals surface area contributed by atoms with Gasteiger partial charge in [-0.2, -0.15) is 9.97 Å². The molecule has 0 bridgehead atoms. The predicted molar refractivity (Wildman–Crippen MR) is 174 cm³/mol. The number of hydrogen-bond donors (Lipinski definition) is 2. The molecular weight excluding hydrogens is 588 g/mol. The van der Waals surface area contributed by atoms with Gasteiger partial charge in [-0.3, -0.25) is 4.98 Å². The van der Waals surface area contributed by atoms with Crippen LogP contribution in [0.15, 0.2) is 30.5 Å². The number of halogens is 2. The van der Waals surface area contributed by atoms with Crippen molar-refractivity contribution in [3.8, 4) is 35.4 Å². The van der Waals surface area contributed by atoms with Crippen LogP contribution in [0.2, 0.25) is 0 Å². The first-order chi connectivity index (χ1) is 22.3. The van der Waals surface area contributed by atoms with Crippen LogP contribution in [0.25, 0.3) is 32.9 Å². The molecule has 4 heterocycles. The minimum absolute atomic E-state index is 0.00576. The second kappa shape index (κ2) is 12.3. The number of rotatable bonds is 6. The number of ether oxygens (including phenoxy) is 1. The van der Waals surface area contributed by atoms with Crippen molar-refractivity contribution in [2.45, 2.75) is 57.4 Å². The zero-order valence-electron chi connectivity index (χ0n) is 26.1. The minimum atomic E-state index is -0.743. The molecule has 0 radical (unpaired) electrons. The molecule has 3 aliphatic rings. The van der Waals surface area contributed by atoms with Gasteiger partial charge in [0.1, 0.15) is 28.6 Å². The lowest BCUT2D eigenvalue weighted by Crippen LogP contribution is -2.50. The third kappa shape index (κ3) is 5.29. The van der Waals surface area contributed by atoms with Crippen LogP contribution in [0, 0.1) is 35.3 Å². The summed E-state index contributed by atoms with van der Waals surface area (Å²) in [6.45, 7) is 2.80. The van der Waals surface area contributed by atoms with E-state index in [1.54, 1.807) is 0 Å². The van der Waals surface area contributed by atoms with Crippen molar-refractivity contribution in [1.29, 1.82) is 0 Å². The molecule has 46 heavy (non-hydrogen) atoms. The van der Waals surface area contributed by atoms with Gasteiger partial charge < -0.3 is 24.7 Å². The Hall–Kier alpha value is -4.07. The summed E-state index contributed by atoms with van der Waals surface area (Å²) in [4.78, 5) is 18.5. The van der Waals surface area contributed by atoms with Crippen molar-refractivity contribution in [3.05, 3.63) is 47.7 Å². The molecule has 2 aromatic heterocycles. The molecule has 10 heteroatoms. The van der Waals surface area contributed by atoms with Gasteiger partial charge in [-0.05, 0) is 81.6 Å². The average Bonchev–Trinajstić information content (AvgIpc) is 3.35. The largest absolute Gasteiger partial charge is 0.508 e. The Labute approximate surface area is 267 Å². The van der Waals surface area contributed by atoms with Crippen molar-refractivity contribution >= 4 is 27.5 Å². The third-order valence-corrected chi connectivity index (χ3v) is 10.5. The van der Waals surface area contributed by atoms with E-state index in [2.05, 4.69) is 32.7 Å². The summed E-state index contributed by atoms with van der Waals surface area (Å²) >= 11 is 0. The van der Waals surface area contributed by atoms with Crippen molar-refractivity contribution in [2.75, 3.05) is 44.8 Å². The van der Waals surface area contributed by atoms with Crippen LogP contribution in [-0.4, -0.2) is 76.0 Å². The number of likely N-dealkylation sites (tertiary alicyclic amines) is 1. The fourth-order valence-electron chi connectivity index (χ4n) is 8.22. The number of nitrogens with zero attached hydrogens (tertiary/aromatic N) is 5. The smallest absolute Gasteiger partial charge is 0.319 e. The summed E-state index contributed by atoms with van der Waals surface area (Å²) in [6, 6.07) is 6.04. The normalized spacial score (nSPS) is 23.8. The number of piperidine rings is 1. The lowest BCUT2D eigenvalue weighted by molar-refractivity contribution is 0.0133. The van der Waals surface area contributed by atoms with Gasteiger partial charge in [-0.15, -0.1) is 6.42 Å². The molecule has 8 nitrogen and oxygen atoms in total. The van der Waals surface area contributed by atoms with Crippen LogP contribution in [-0.2, 0) is 0 Å². The van der Waals surface area contributed by atoms with Gasteiger partial charge in [0.05, 0.1) is 17.6 Å². The maximum absolute atomic E-state index is 16.9. The highest BCUT2D eigenvalue weighted by atomic mass is 19.1. The van der Waals surface area contributed by atoms with Crippen molar-refractivity contribution in [2.24, 2.45) is 11.3 Å². The number of aromatic hydroxyl groups is 1. The topological polar surface area (TPSA) is 94.8 Å².